The van der Waals surface area contributed by atoms with Gasteiger partial charge >= 0.3 is 0 Å². The standard InChI is InChI=1S/C22H34N4O5/c1-2-11-31-22(26-23-20-5-3-4-6-21(20)24-26)7-8-25-9-12-27-14-16-29-18-19-30-17-15-28-13-10-25/h2-6,22H,1,7-19H2. The maximum absolute atomic E-state index is 5.98. The van der Waals surface area contributed by atoms with Crippen LogP contribution in [-0.2, 0) is 23.7 Å². The minimum absolute atomic E-state index is 0.273. The summed E-state index contributed by atoms with van der Waals surface area (Å²) in [5.41, 5.74) is 1.71. The predicted molar refractivity (Wildman–Crippen MR) is 117 cm³/mol. The van der Waals surface area contributed by atoms with Gasteiger partial charge < -0.3 is 23.7 Å². The fourth-order valence-corrected chi connectivity index (χ4v) is 3.23. The third kappa shape index (κ3) is 8.64. The Morgan fingerprint density at radius 3 is 1.90 bits per heavy atom. The van der Waals surface area contributed by atoms with E-state index in [1.807, 2.05) is 24.3 Å². The van der Waals surface area contributed by atoms with Gasteiger partial charge in [-0.1, -0.05) is 18.2 Å². The van der Waals surface area contributed by atoms with Gasteiger partial charge in [-0.05, 0) is 12.1 Å². The van der Waals surface area contributed by atoms with Crippen molar-refractivity contribution in [2.24, 2.45) is 0 Å². The molecule has 1 aliphatic heterocycles. The highest BCUT2D eigenvalue weighted by Crippen LogP contribution is 2.16. The van der Waals surface area contributed by atoms with Gasteiger partial charge in [-0.15, -0.1) is 6.58 Å². The predicted octanol–water partition coefficient (Wildman–Crippen LogP) is 1.90. The number of aromatic nitrogens is 3. The molecular formula is C22H34N4O5. The highest BCUT2D eigenvalue weighted by Gasteiger charge is 2.17. The molecule has 9 nitrogen and oxygen atoms in total. The van der Waals surface area contributed by atoms with E-state index in [9.17, 15) is 0 Å². The summed E-state index contributed by atoms with van der Waals surface area (Å²) in [6.07, 6.45) is 2.21. The van der Waals surface area contributed by atoms with Crippen molar-refractivity contribution in [2.75, 3.05) is 79.1 Å². The number of hydrogen-bond donors (Lipinski definition) is 0. The van der Waals surface area contributed by atoms with E-state index in [1.165, 1.54) is 0 Å². The van der Waals surface area contributed by atoms with Gasteiger partial charge in [0.05, 0.1) is 59.5 Å². The largest absolute Gasteiger partial charge is 0.378 e. The van der Waals surface area contributed by atoms with Crippen molar-refractivity contribution >= 4 is 11.0 Å². The molecule has 2 heterocycles. The summed E-state index contributed by atoms with van der Waals surface area (Å²) in [5.74, 6) is 0. The summed E-state index contributed by atoms with van der Waals surface area (Å²) < 4.78 is 28.4. The Balaban J connectivity index is 1.56. The van der Waals surface area contributed by atoms with Crippen LogP contribution >= 0.6 is 0 Å². The van der Waals surface area contributed by atoms with Gasteiger partial charge in [-0.2, -0.15) is 15.0 Å². The molecule has 1 fully saturated rings. The van der Waals surface area contributed by atoms with Gasteiger partial charge in [-0.3, -0.25) is 4.90 Å². The average molecular weight is 435 g/mol. The minimum Gasteiger partial charge on any atom is -0.378 e. The summed E-state index contributed by atoms with van der Waals surface area (Å²) in [6.45, 7) is 11.4. The number of rotatable bonds is 7. The molecule has 1 aromatic heterocycles. The van der Waals surface area contributed by atoms with Crippen molar-refractivity contribution in [1.29, 1.82) is 0 Å². The first-order valence-corrected chi connectivity index (χ1v) is 10.9. The van der Waals surface area contributed by atoms with Crippen LogP contribution in [0.1, 0.15) is 12.6 Å². The highest BCUT2D eigenvalue weighted by atomic mass is 16.6. The lowest BCUT2D eigenvalue weighted by molar-refractivity contribution is -0.0161. The molecule has 0 amide bonds. The van der Waals surface area contributed by atoms with Crippen LogP contribution in [0.25, 0.3) is 11.0 Å². The zero-order chi connectivity index (χ0) is 21.6. The van der Waals surface area contributed by atoms with Gasteiger partial charge in [0.25, 0.3) is 0 Å². The Labute approximate surface area is 183 Å². The Morgan fingerprint density at radius 1 is 0.871 bits per heavy atom. The van der Waals surface area contributed by atoms with Crippen molar-refractivity contribution in [3.8, 4) is 0 Å². The molecule has 0 N–H and O–H groups in total. The second kappa shape index (κ2) is 14.2. The van der Waals surface area contributed by atoms with Crippen LogP contribution in [-0.4, -0.2) is 99.0 Å². The van der Waals surface area contributed by atoms with Crippen LogP contribution < -0.4 is 0 Å². The third-order valence-corrected chi connectivity index (χ3v) is 4.88. The quantitative estimate of drug-likeness (QED) is 0.612. The van der Waals surface area contributed by atoms with Crippen molar-refractivity contribution in [3.05, 3.63) is 36.9 Å². The van der Waals surface area contributed by atoms with E-state index in [2.05, 4.69) is 21.7 Å². The summed E-state index contributed by atoms with van der Waals surface area (Å²) in [5, 5.41) is 9.18. The van der Waals surface area contributed by atoms with Crippen LogP contribution in [0.4, 0.5) is 0 Å². The van der Waals surface area contributed by atoms with Crippen LogP contribution in [0.5, 0.6) is 0 Å². The molecule has 0 saturated carbocycles. The van der Waals surface area contributed by atoms with Crippen LogP contribution in [0.2, 0.25) is 0 Å². The van der Waals surface area contributed by atoms with Crippen molar-refractivity contribution in [2.45, 2.75) is 12.6 Å². The van der Waals surface area contributed by atoms with Gasteiger partial charge in [0, 0.05) is 26.1 Å². The maximum atomic E-state index is 5.98. The molecule has 9 heteroatoms. The Kier molecular flexibility index (Phi) is 10.9. The SMILES string of the molecule is C=CCOC(CCN1CCOCCOCCOCCOCC1)n1nc2ccccc2n1. The van der Waals surface area contributed by atoms with E-state index in [4.69, 9.17) is 23.7 Å². The summed E-state index contributed by atoms with van der Waals surface area (Å²) >= 11 is 0. The van der Waals surface area contributed by atoms with Gasteiger partial charge in [0.2, 0.25) is 0 Å². The normalized spacial score (nSPS) is 19.5. The van der Waals surface area contributed by atoms with E-state index < -0.39 is 0 Å². The lowest BCUT2D eigenvalue weighted by Gasteiger charge is -2.24. The molecular weight excluding hydrogens is 400 g/mol. The third-order valence-electron chi connectivity index (χ3n) is 4.88. The topological polar surface area (TPSA) is 80.1 Å². The van der Waals surface area contributed by atoms with Crippen LogP contribution in [0, 0.1) is 0 Å². The maximum Gasteiger partial charge on any atom is 0.170 e. The first kappa shape index (κ1) is 23.8. The molecule has 1 atom stereocenters. The molecule has 1 saturated heterocycles. The van der Waals surface area contributed by atoms with E-state index in [0.717, 1.165) is 37.1 Å². The molecule has 1 aromatic carbocycles. The average Bonchev–Trinajstić information content (AvgIpc) is 3.21. The van der Waals surface area contributed by atoms with Gasteiger partial charge in [0.1, 0.15) is 11.0 Å². The lowest BCUT2D eigenvalue weighted by Crippen LogP contribution is -2.34. The fourth-order valence-electron chi connectivity index (χ4n) is 3.23. The van der Waals surface area contributed by atoms with Gasteiger partial charge in [0.15, 0.2) is 6.23 Å². The summed E-state index contributed by atoms with van der Waals surface area (Å²) in [6, 6.07) is 7.82. The van der Waals surface area contributed by atoms with Crippen LogP contribution in [0.3, 0.4) is 0 Å². The number of fused-ring (bicyclic) bond motifs is 1. The number of hydrogen-bond acceptors (Lipinski definition) is 8. The monoisotopic (exact) mass is 434 g/mol. The van der Waals surface area contributed by atoms with E-state index >= 15 is 0 Å². The molecule has 3 rings (SSSR count). The second-order valence-electron chi connectivity index (χ2n) is 7.17. The first-order valence-electron chi connectivity index (χ1n) is 10.9. The zero-order valence-electron chi connectivity index (χ0n) is 18.2. The second-order valence-corrected chi connectivity index (χ2v) is 7.17. The lowest BCUT2D eigenvalue weighted by atomic mass is 10.3. The Hall–Kier alpha value is -1.88. The van der Waals surface area contributed by atoms with Crippen LogP contribution in [0.15, 0.2) is 36.9 Å². The Bertz CT molecular complexity index is 707. The Morgan fingerprint density at radius 2 is 1.39 bits per heavy atom. The molecule has 0 spiro atoms. The molecule has 172 valence electrons. The molecule has 0 radical (unpaired) electrons. The molecule has 2 aromatic rings. The fraction of sp³-hybridized carbons (Fsp3) is 0.636. The molecule has 1 unspecified atom stereocenters. The summed E-state index contributed by atoms with van der Waals surface area (Å²) in [4.78, 5) is 3.98. The molecule has 31 heavy (non-hydrogen) atoms. The molecule has 0 bridgehead atoms. The molecule has 1 aliphatic rings. The van der Waals surface area contributed by atoms with E-state index in [0.29, 0.717) is 59.5 Å². The first-order chi connectivity index (χ1) is 15.4. The van der Waals surface area contributed by atoms with E-state index in [-0.39, 0.29) is 6.23 Å². The number of benzene rings is 1. The van der Waals surface area contributed by atoms with Gasteiger partial charge in [-0.25, -0.2) is 0 Å². The van der Waals surface area contributed by atoms with Crippen molar-refractivity contribution < 1.29 is 23.7 Å². The summed E-state index contributed by atoms with van der Waals surface area (Å²) in [7, 11) is 0. The number of ether oxygens (including phenoxy) is 5. The zero-order valence-corrected chi connectivity index (χ0v) is 18.2. The smallest absolute Gasteiger partial charge is 0.170 e. The number of nitrogens with zero attached hydrogens (tertiary/aromatic N) is 4. The van der Waals surface area contributed by atoms with Crippen molar-refractivity contribution in [3.63, 3.8) is 0 Å². The highest BCUT2D eigenvalue weighted by molar-refractivity contribution is 5.72. The van der Waals surface area contributed by atoms with Crippen molar-refractivity contribution in [1.82, 2.24) is 19.9 Å². The minimum atomic E-state index is -0.273. The van der Waals surface area contributed by atoms with E-state index in [1.54, 1.807) is 10.9 Å². The molecule has 0 aliphatic carbocycles.